The first-order chi connectivity index (χ1) is 8.08. The van der Waals surface area contributed by atoms with Gasteiger partial charge < -0.3 is 10.5 Å². The van der Waals surface area contributed by atoms with Crippen LogP contribution in [0.15, 0.2) is 18.2 Å². The van der Waals surface area contributed by atoms with Crippen LogP contribution in [0.2, 0.25) is 0 Å². The normalized spacial score (nSPS) is 11.8. The summed E-state index contributed by atoms with van der Waals surface area (Å²) in [7, 11) is 1.55. The van der Waals surface area contributed by atoms with Gasteiger partial charge in [0, 0.05) is 19.2 Å². The summed E-state index contributed by atoms with van der Waals surface area (Å²) >= 11 is 0. The Labute approximate surface area is 98.8 Å². The van der Waals surface area contributed by atoms with Gasteiger partial charge >= 0.3 is 0 Å². The Morgan fingerprint density at radius 2 is 2.35 bits per heavy atom. The van der Waals surface area contributed by atoms with Crippen LogP contribution in [-0.4, -0.2) is 24.7 Å². The van der Waals surface area contributed by atoms with Crippen molar-refractivity contribution in [1.82, 2.24) is 0 Å². The molecule has 2 N–H and O–H groups in total. The molecule has 90 valence electrons. The Balaban J connectivity index is 2.91. The molecule has 0 bridgehead atoms. The molecule has 0 aromatic heterocycles. The molecule has 0 saturated carbocycles. The summed E-state index contributed by atoms with van der Waals surface area (Å²) < 4.78 is 4.90. The minimum Gasteiger partial charge on any atom is -0.383 e. The van der Waals surface area contributed by atoms with Crippen molar-refractivity contribution in [3.8, 4) is 6.07 Å². The monoisotopic (exact) mass is 235 g/mol. The minimum atomic E-state index is -0.572. The summed E-state index contributed by atoms with van der Waals surface area (Å²) in [5, 5.41) is 19.4. The van der Waals surface area contributed by atoms with Crippen molar-refractivity contribution in [2.75, 3.05) is 13.7 Å². The molecular formula is C11H13N3O3. The zero-order chi connectivity index (χ0) is 12.8. The molecule has 1 aromatic carbocycles. The van der Waals surface area contributed by atoms with Crippen LogP contribution in [0.3, 0.4) is 0 Å². The number of hydrogen-bond acceptors (Lipinski definition) is 5. The molecule has 17 heavy (non-hydrogen) atoms. The number of nitro groups is 1. The second-order valence-corrected chi connectivity index (χ2v) is 3.64. The van der Waals surface area contributed by atoms with Gasteiger partial charge in [-0.3, -0.25) is 10.1 Å². The molecule has 1 aromatic rings. The number of ether oxygens (including phenoxy) is 1. The highest BCUT2D eigenvalue weighted by Crippen LogP contribution is 2.19. The van der Waals surface area contributed by atoms with Crippen molar-refractivity contribution in [2.45, 2.75) is 12.5 Å². The highest BCUT2D eigenvalue weighted by atomic mass is 16.6. The van der Waals surface area contributed by atoms with Crippen LogP contribution in [0.4, 0.5) is 5.69 Å². The van der Waals surface area contributed by atoms with Gasteiger partial charge in [0.15, 0.2) is 0 Å². The fourth-order valence-corrected chi connectivity index (χ4v) is 1.53. The van der Waals surface area contributed by atoms with Crippen LogP contribution in [0.5, 0.6) is 0 Å². The van der Waals surface area contributed by atoms with E-state index in [1.807, 2.05) is 6.07 Å². The van der Waals surface area contributed by atoms with Crippen LogP contribution in [0.25, 0.3) is 0 Å². The molecule has 6 nitrogen and oxygen atoms in total. The third-order valence-electron chi connectivity index (χ3n) is 2.26. The van der Waals surface area contributed by atoms with E-state index in [1.54, 1.807) is 13.2 Å². The standard InChI is InChI=1S/C11H13N3O3/c1-17-7-10(13)5-8-2-3-11(14(15)16)9(4-8)6-12/h2-4,10H,5,7,13H2,1H3. The fraction of sp³-hybridized carbons (Fsp3) is 0.364. The molecule has 1 atom stereocenters. The van der Waals surface area contributed by atoms with Crippen molar-refractivity contribution in [1.29, 1.82) is 5.26 Å². The summed E-state index contributed by atoms with van der Waals surface area (Å²) in [5.74, 6) is 0. The van der Waals surface area contributed by atoms with Crippen molar-refractivity contribution < 1.29 is 9.66 Å². The SMILES string of the molecule is COCC(N)Cc1ccc([N+](=O)[O-])c(C#N)c1. The number of nitro benzene ring substituents is 1. The summed E-state index contributed by atoms with van der Waals surface area (Å²) in [6.07, 6.45) is 0.514. The van der Waals surface area contributed by atoms with Gasteiger partial charge in [-0.15, -0.1) is 0 Å². The van der Waals surface area contributed by atoms with E-state index in [2.05, 4.69) is 0 Å². The Bertz CT molecular complexity index is 454. The lowest BCUT2D eigenvalue weighted by Crippen LogP contribution is -2.28. The predicted molar refractivity (Wildman–Crippen MR) is 61.4 cm³/mol. The van der Waals surface area contributed by atoms with E-state index in [0.29, 0.717) is 13.0 Å². The Hall–Kier alpha value is -1.97. The van der Waals surface area contributed by atoms with Gasteiger partial charge in [0.1, 0.15) is 11.6 Å². The zero-order valence-corrected chi connectivity index (χ0v) is 9.42. The number of methoxy groups -OCH3 is 1. The van der Waals surface area contributed by atoms with Crippen LogP contribution in [0.1, 0.15) is 11.1 Å². The molecule has 0 aliphatic heterocycles. The molecule has 6 heteroatoms. The quantitative estimate of drug-likeness (QED) is 0.605. The van der Waals surface area contributed by atoms with Crippen molar-refractivity contribution in [3.05, 3.63) is 39.4 Å². The van der Waals surface area contributed by atoms with E-state index in [-0.39, 0.29) is 17.3 Å². The van der Waals surface area contributed by atoms with Crippen LogP contribution in [0, 0.1) is 21.4 Å². The largest absolute Gasteiger partial charge is 0.383 e. The topological polar surface area (TPSA) is 102 Å². The molecule has 0 aliphatic rings. The van der Waals surface area contributed by atoms with Gasteiger partial charge in [0.25, 0.3) is 5.69 Å². The number of rotatable bonds is 5. The molecule has 0 saturated heterocycles. The van der Waals surface area contributed by atoms with Gasteiger partial charge in [-0.2, -0.15) is 5.26 Å². The molecular weight excluding hydrogens is 222 g/mol. The highest BCUT2D eigenvalue weighted by Gasteiger charge is 2.14. The summed E-state index contributed by atoms with van der Waals surface area (Å²) in [4.78, 5) is 10.1. The van der Waals surface area contributed by atoms with E-state index in [0.717, 1.165) is 5.56 Å². The highest BCUT2D eigenvalue weighted by molar-refractivity contribution is 5.50. The van der Waals surface area contributed by atoms with Gasteiger partial charge in [-0.05, 0) is 18.1 Å². The second kappa shape index (κ2) is 5.94. The maximum absolute atomic E-state index is 10.6. The molecule has 1 unspecified atom stereocenters. The number of nitrogens with two attached hydrogens (primary N) is 1. The van der Waals surface area contributed by atoms with Crippen molar-refractivity contribution in [3.63, 3.8) is 0 Å². The lowest BCUT2D eigenvalue weighted by Gasteiger charge is -2.10. The maximum Gasteiger partial charge on any atom is 0.287 e. The predicted octanol–water partition coefficient (Wildman–Crippen LogP) is 0.983. The molecule has 0 aliphatic carbocycles. The van der Waals surface area contributed by atoms with Gasteiger partial charge in [-0.1, -0.05) is 6.07 Å². The number of benzene rings is 1. The Morgan fingerprint density at radius 3 is 2.88 bits per heavy atom. The lowest BCUT2D eigenvalue weighted by atomic mass is 10.0. The number of hydrogen-bond donors (Lipinski definition) is 1. The minimum absolute atomic E-state index is 0.0529. The van der Waals surface area contributed by atoms with E-state index in [4.69, 9.17) is 15.7 Å². The average molecular weight is 235 g/mol. The third kappa shape index (κ3) is 3.52. The third-order valence-corrected chi connectivity index (χ3v) is 2.26. The molecule has 0 radical (unpaired) electrons. The second-order valence-electron chi connectivity index (χ2n) is 3.64. The fourth-order valence-electron chi connectivity index (χ4n) is 1.53. The Kier molecular flexibility index (Phi) is 4.57. The maximum atomic E-state index is 10.6. The van der Waals surface area contributed by atoms with E-state index < -0.39 is 4.92 Å². The smallest absolute Gasteiger partial charge is 0.287 e. The van der Waals surface area contributed by atoms with Crippen LogP contribution in [-0.2, 0) is 11.2 Å². The van der Waals surface area contributed by atoms with E-state index in [9.17, 15) is 10.1 Å². The summed E-state index contributed by atoms with van der Waals surface area (Å²) in [6.45, 7) is 0.402. The van der Waals surface area contributed by atoms with Crippen LogP contribution < -0.4 is 5.73 Å². The summed E-state index contributed by atoms with van der Waals surface area (Å²) in [5.41, 5.74) is 6.42. The Morgan fingerprint density at radius 1 is 1.65 bits per heavy atom. The van der Waals surface area contributed by atoms with E-state index >= 15 is 0 Å². The average Bonchev–Trinajstić information content (AvgIpc) is 2.28. The van der Waals surface area contributed by atoms with E-state index in [1.165, 1.54) is 12.1 Å². The number of nitrogens with zero attached hydrogens (tertiary/aromatic N) is 2. The molecule has 1 rings (SSSR count). The first-order valence-electron chi connectivity index (χ1n) is 5.00. The van der Waals surface area contributed by atoms with Crippen LogP contribution >= 0.6 is 0 Å². The molecule has 0 spiro atoms. The van der Waals surface area contributed by atoms with Crippen molar-refractivity contribution in [2.24, 2.45) is 5.73 Å². The van der Waals surface area contributed by atoms with Crippen molar-refractivity contribution >= 4 is 5.69 Å². The van der Waals surface area contributed by atoms with Gasteiger partial charge in [0.05, 0.1) is 11.5 Å². The first-order valence-corrected chi connectivity index (χ1v) is 5.00. The first kappa shape index (κ1) is 13.1. The molecule has 0 fully saturated rings. The molecule has 0 amide bonds. The summed E-state index contributed by atoms with van der Waals surface area (Å²) in [6, 6.07) is 6.05. The van der Waals surface area contributed by atoms with Gasteiger partial charge in [0.2, 0.25) is 0 Å². The number of nitriles is 1. The lowest BCUT2D eigenvalue weighted by molar-refractivity contribution is -0.385. The van der Waals surface area contributed by atoms with Gasteiger partial charge in [-0.25, -0.2) is 0 Å². The molecule has 0 heterocycles. The zero-order valence-electron chi connectivity index (χ0n) is 9.42.